The van der Waals surface area contributed by atoms with Crippen LogP contribution in [0.3, 0.4) is 0 Å². The number of amidine groups is 1. The van der Waals surface area contributed by atoms with E-state index in [0.717, 1.165) is 5.75 Å². The minimum absolute atomic E-state index is 0.632. The van der Waals surface area contributed by atoms with Crippen LogP contribution in [0.15, 0.2) is 12.3 Å². The molecule has 0 aromatic rings. The first-order valence-corrected chi connectivity index (χ1v) is 3.40. The van der Waals surface area contributed by atoms with E-state index < -0.39 is 0 Å². The number of rotatable bonds is 0. The molecule has 1 aliphatic heterocycles. The molecule has 0 amide bonds. The van der Waals surface area contributed by atoms with Gasteiger partial charge in [0, 0.05) is 19.0 Å². The van der Waals surface area contributed by atoms with E-state index >= 15 is 0 Å². The van der Waals surface area contributed by atoms with E-state index in [9.17, 15) is 0 Å². The van der Waals surface area contributed by atoms with E-state index in [4.69, 9.17) is 5.41 Å². The second-order valence-corrected chi connectivity index (χ2v) is 2.62. The zero-order valence-corrected chi connectivity index (χ0v) is 5.53. The van der Waals surface area contributed by atoms with Gasteiger partial charge in [-0.25, -0.2) is 0 Å². The molecule has 1 N–H and O–H groups in total. The highest BCUT2D eigenvalue weighted by Gasteiger charge is 2.03. The Morgan fingerprint density at radius 2 is 2.62 bits per heavy atom. The second kappa shape index (κ2) is 2.22. The summed E-state index contributed by atoms with van der Waals surface area (Å²) in [5.74, 6) is 0.948. The SMILES string of the molecule is CN1C=CCSC1=N. The molecule has 0 bridgehead atoms. The second-order valence-electron chi connectivity index (χ2n) is 1.61. The van der Waals surface area contributed by atoms with Gasteiger partial charge in [0.15, 0.2) is 5.17 Å². The van der Waals surface area contributed by atoms with E-state index in [1.54, 1.807) is 16.7 Å². The van der Waals surface area contributed by atoms with Crippen LogP contribution in [0.5, 0.6) is 0 Å². The average molecular weight is 128 g/mol. The van der Waals surface area contributed by atoms with Crippen LogP contribution in [0.2, 0.25) is 0 Å². The van der Waals surface area contributed by atoms with Crippen LogP contribution in [0, 0.1) is 5.41 Å². The van der Waals surface area contributed by atoms with Crippen LogP contribution in [-0.2, 0) is 0 Å². The van der Waals surface area contributed by atoms with Crippen molar-refractivity contribution in [1.82, 2.24) is 4.90 Å². The molecule has 0 aliphatic carbocycles. The fourth-order valence-corrected chi connectivity index (χ4v) is 1.10. The van der Waals surface area contributed by atoms with Crippen LogP contribution >= 0.6 is 11.8 Å². The molecular formula is C5H8N2S. The lowest BCUT2D eigenvalue weighted by molar-refractivity contribution is 0.694. The third-order valence-corrected chi connectivity index (χ3v) is 1.89. The molecule has 0 atom stereocenters. The van der Waals surface area contributed by atoms with Gasteiger partial charge in [-0.15, -0.1) is 0 Å². The van der Waals surface area contributed by atoms with Crippen LogP contribution < -0.4 is 0 Å². The zero-order chi connectivity index (χ0) is 5.98. The van der Waals surface area contributed by atoms with Crippen LogP contribution in [0.25, 0.3) is 0 Å². The van der Waals surface area contributed by atoms with Gasteiger partial charge >= 0.3 is 0 Å². The molecule has 0 saturated heterocycles. The lowest BCUT2D eigenvalue weighted by atomic mass is 10.6. The van der Waals surface area contributed by atoms with Crippen molar-refractivity contribution in [1.29, 1.82) is 5.41 Å². The van der Waals surface area contributed by atoms with E-state index in [1.165, 1.54) is 0 Å². The van der Waals surface area contributed by atoms with Crippen LogP contribution in [0.4, 0.5) is 0 Å². The molecule has 44 valence electrons. The summed E-state index contributed by atoms with van der Waals surface area (Å²) in [6.07, 6.45) is 3.96. The molecule has 1 heterocycles. The van der Waals surface area contributed by atoms with Crippen molar-refractivity contribution in [3.63, 3.8) is 0 Å². The summed E-state index contributed by atoms with van der Waals surface area (Å²) >= 11 is 1.55. The van der Waals surface area contributed by atoms with Crippen molar-refractivity contribution >= 4 is 16.9 Å². The number of hydrogen-bond donors (Lipinski definition) is 1. The lowest BCUT2D eigenvalue weighted by Crippen LogP contribution is -2.19. The molecule has 0 radical (unpaired) electrons. The Morgan fingerprint density at radius 3 is 3.00 bits per heavy atom. The van der Waals surface area contributed by atoms with Gasteiger partial charge in [-0.1, -0.05) is 17.8 Å². The zero-order valence-electron chi connectivity index (χ0n) is 4.72. The van der Waals surface area contributed by atoms with Crippen molar-refractivity contribution < 1.29 is 0 Å². The quantitative estimate of drug-likeness (QED) is 0.529. The summed E-state index contributed by atoms with van der Waals surface area (Å²) < 4.78 is 0. The maximum atomic E-state index is 7.23. The largest absolute Gasteiger partial charge is 0.331 e. The highest BCUT2D eigenvalue weighted by Crippen LogP contribution is 2.10. The third kappa shape index (κ3) is 1.04. The number of hydrogen-bond acceptors (Lipinski definition) is 2. The predicted molar refractivity (Wildman–Crippen MR) is 37.1 cm³/mol. The highest BCUT2D eigenvalue weighted by molar-refractivity contribution is 8.13. The maximum Gasteiger partial charge on any atom is 0.160 e. The molecule has 3 heteroatoms. The van der Waals surface area contributed by atoms with E-state index in [0.29, 0.717) is 5.17 Å². The van der Waals surface area contributed by atoms with E-state index in [-0.39, 0.29) is 0 Å². The summed E-state index contributed by atoms with van der Waals surface area (Å²) in [6.45, 7) is 0. The predicted octanol–water partition coefficient (Wildman–Crippen LogP) is 1.11. The number of thioether (sulfide) groups is 1. The summed E-state index contributed by atoms with van der Waals surface area (Å²) in [4.78, 5) is 1.80. The van der Waals surface area contributed by atoms with Gasteiger partial charge in [0.1, 0.15) is 0 Å². The van der Waals surface area contributed by atoms with Crippen molar-refractivity contribution in [3.05, 3.63) is 12.3 Å². The Morgan fingerprint density at radius 1 is 1.88 bits per heavy atom. The van der Waals surface area contributed by atoms with Gasteiger partial charge in [-0.3, -0.25) is 5.41 Å². The maximum absolute atomic E-state index is 7.23. The molecule has 0 fully saturated rings. The summed E-state index contributed by atoms with van der Waals surface area (Å²) in [5.41, 5.74) is 0. The minimum Gasteiger partial charge on any atom is -0.331 e. The molecule has 1 aliphatic rings. The number of nitrogens with one attached hydrogen (secondary N) is 1. The minimum atomic E-state index is 0.632. The number of nitrogens with zero attached hydrogens (tertiary/aromatic N) is 1. The fourth-order valence-electron chi connectivity index (χ4n) is 0.498. The van der Waals surface area contributed by atoms with Gasteiger partial charge in [0.2, 0.25) is 0 Å². The Kier molecular flexibility index (Phi) is 1.58. The Bertz CT molecular complexity index is 130. The third-order valence-electron chi connectivity index (χ3n) is 0.966. The van der Waals surface area contributed by atoms with Gasteiger partial charge in [0.25, 0.3) is 0 Å². The summed E-state index contributed by atoms with van der Waals surface area (Å²) in [5, 5.41) is 7.86. The Labute approximate surface area is 53.1 Å². The molecule has 0 unspecified atom stereocenters. The van der Waals surface area contributed by atoms with E-state index in [2.05, 4.69) is 0 Å². The molecule has 2 nitrogen and oxygen atoms in total. The van der Waals surface area contributed by atoms with Gasteiger partial charge in [-0.2, -0.15) is 0 Å². The van der Waals surface area contributed by atoms with Crippen molar-refractivity contribution in [3.8, 4) is 0 Å². The highest BCUT2D eigenvalue weighted by atomic mass is 32.2. The fraction of sp³-hybridized carbons (Fsp3) is 0.400. The normalized spacial score (nSPS) is 19.6. The standard InChI is InChI=1S/C5H8N2S/c1-7-3-2-4-8-5(7)6/h2-3,6H,4H2,1H3. The van der Waals surface area contributed by atoms with Crippen molar-refractivity contribution in [2.24, 2.45) is 0 Å². The first kappa shape index (κ1) is 5.69. The molecule has 8 heavy (non-hydrogen) atoms. The van der Waals surface area contributed by atoms with Crippen molar-refractivity contribution in [2.75, 3.05) is 12.8 Å². The van der Waals surface area contributed by atoms with Gasteiger partial charge < -0.3 is 4.90 Å². The summed E-state index contributed by atoms with van der Waals surface area (Å²) in [6, 6.07) is 0. The van der Waals surface area contributed by atoms with Crippen molar-refractivity contribution in [2.45, 2.75) is 0 Å². The molecule has 0 aromatic heterocycles. The average Bonchev–Trinajstić information content (AvgIpc) is 1.77. The topological polar surface area (TPSA) is 27.1 Å². The Hall–Kier alpha value is -0.440. The monoisotopic (exact) mass is 128 g/mol. The first-order valence-electron chi connectivity index (χ1n) is 2.41. The smallest absolute Gasteiger partial charge is 0.160 e. The molecular weight excluding hydrogens is 120 g/mol. The van der Waals surface area contributed by atoms with Crippen LogP contribution in [0.1, 0.15) is 0 Å². The van der Waals surface area contributed by atoms with Gasteiger partial charge in [-0.05, 0) is 0 Å². The molecule has 0 aromatic carbocycles. The molecule has 0 saturated carbocycles. The first-order chi connectivity index (χ1) is 3.80. The Balaban J connectivity index is 2.60. The molecule has 1 rings (SSSR count). The lowest BCUT2D eigenvalue weighted by Gasteiger charge is -2.16. The van der Waals surface area contributed by atoms with E-state index in [1.807, 2.05) is 19.3 Å². The molecule has 0 spiro atoms. The van der Waals surface area contributed by atoms with Crippen LogP contribution in [-0.4, -0.2) is 22.9 Å². The van der Waals surface area contributed by atoms with Gasteiger partial charge in [0.05, 0.1) is 0 Å². The summed E-state index contributed by atoms with van der Waals surface area (Å²) in [7, 11) is 1.88.